The summed E-state index contributed by atoms with van der Waals surface area (Å²) in [5, 5.41) is 0. The van der Waals surface area contributed by atoms with Crippen LogP contribution in [0.15, 0.2) is 18.2 Å². The normalized spacial score (nSPS) is 21.2. The van der Waals surface area contributed by atoms with Crippen LogP contribution in [0.5, 0.6) is 0 Å². The van der Waals surface area contributed by atoms with Gasteiger partial charge in [-0.1, -0.05) is 39.0 Å². The van der Waals surface area contributed by atoms with E-state index in [0.717, 1.165) is 6.04 Å². The second kappa shape index (κ2) is 3.33. The summed E-state index contributed by atoms with van der Waals surface area (Å²) in [4.78, 5) is 2.65. The van der Waals surface area contributed by atoms with Crippen LogP contribution in [0.25, 0.3) is 0 Å². The molecule has 1 heterocycles. The van der Waals surface area contributed by atoms with Crippen LogP contribution in [-0.4, -0.2) is 10.9 Å². The van der Waals surface area contributed by atoms with E-state index in [4.69, 9.17) is 0 Å². The number of hydrogen-bond donors (Lipinski definition) is 0. The summed E-state index contributed by atoms with van der Waals surface area (Å²) < 4.78 is 0. The van der Waals surface area contributed by atoms with E-state index in [2.05, 4.69) is 43.9 Å². The average molecular weight is 215 g/mol. The summed E-state index contributed by atoms with van der Waals surface area (Å²) >= 11 is 0. The first kappa shape index (κ1) is 10.3. The summed E-state index contributed by atoms with van der Waals surface area (Å²) in [5.41, 5.74) is 5.01. The third kappa shape index (κ3) is 1.67. The van der Waals surface area contributed by atoms with Gasteiger partial charge in [0.25, 0.3) is 0 Å². The lowest BCUT2D eigenvalue weighted by Crippen LogP contribution is -2.19. The Morgan fingerprint density at radius 3 is 2.50 bits per heavy atom. The molecule has 1 aromatic carbocycles. The van der Waals surface area contributed by atoms with Gasteiger partial charge < -0.3 is 0 Å². The Labute approximate surface area is 98.5 Å². The van der Waals surface area contributed by atoms with E-state index >= 15 is 0 Å². The van der Waals surface area contributed by atoms with Crippen molar-refractivity contribution in [1.82, 2.24) is 4.90 Å². The molecule has 1 saturated carbocycles. The molecule has 0 radical (unpaired) electrons. The van der Waals surface area contributed by atoms with E-state index in [1.807, 2.05) is 0 Å². The minimum Gasteiger partial charge on any atom is -0.292 e. The first-order valence-electron chi connectivity index (χ1n) is 6.41. The first-order valence-corrected chi connectivity index (χ1v) is 6.41. The lowest BCUT2D eigenvalue weighted by atomic mass is 9.83. The Morgan fingerprint density at radius 1 is 1.12 bits per heavy atom. The van der Waals surface area contributed by atoms with Crippen molar-refractivity contribution in [3.63, 3.8) is 0 Å². The van der Waals surface area contributed by atoms with Crippen molar-refractivity contribution >= 4 is 0 Å². The van der Waals surface area contributed by atoms with Gasteiger partial charge in [0.05, 0.1) is 0 Å². The summed E-state index contributed by atoms with van der Waals surface area (Å²) in [7, 11) is 0. The van der Waals surface area contributed by atoms with Crippen LogP contribution < -0.4 is 0 Å². The molecule has 1 aliphatic heterocycles. The van der Waals surface area contributed by atoms with Crippen molar-refractivity contribution in [2.24, 2.45) is 0 Å². The minimum atomic E-state index is 0.283. The zero-order valence-corrected chi connectivity index (χ0v) is 10.6. The number of fused-ring (bicyclic) bond motifs is 1. The molecule has 0 saturated heterocycles. The third-order valence-corrected chi connectivity index (χ3v) is 3.88. The Kier molecular flexibility index (Phi) is 2.16. The maximum absolute atomic E-state index is 2.65. The van der Waals surface area contributed by atoms with Crippen LogP contribution in [0.4, 0.5) is 0 Å². The van der Waals surface area contributed by atoms with Crippen LogP contribution in [0.1, 0.15) is 50.3 Å². The first-order chi connectivity index (χ1) is 7.55. The van der Waals surface area contributed by atoms with Gasteiger partial charge in [0.15, 0.2) is 0 Å². The van der Waals surface area contributed by atoms with E-state index in [9.17, 15) is 0 Å². The van der Waals surface area contributed by atoms with Gasteiger partial charge in [-0.3, -0.25) is 4.90 Å². The van der Waals surface area contributed by atoms with Crippen LogP contribution in [-0.2, 0) is 18.5 Å². The Morgan fingerprint density at radius 2 is 1.88 bits per heavy atom. The highest BCUT2D eigenvalue weighted by Gasteiger charge is 2.34. The lowest BCUT2D eigenvalue weighted by Gasteiger charge is -2.22. The Hall–Kier alpha value is -0.820. The van der Waals surface area contributed by atoms with E-state index in [1.54, 1.807) is 16.7 Å². The Balaban J connectivity index is 1.97. The predicted octanol–water partition coefficient (Wildman–Crippen LogP) is 3.46. The standard InChI is InChI=1S/C15H21N/c1-15(2,3)14-6-4-5-11-9-16(10-13(11)14)12-7-8-12/h4-6,12H,7-10H2,1-3H3. The van der Waals surface area contributed by atoms with Gasteiger partial charge in [0.1, 0.15) is 0 Å². The highest BCUT2D eigenvalue weighted by Crippen LogP contribution is 2.38. The molecule has 16 heavy (non-hydrogen) atoms. The molecule has 86 valence electrons. The monoisotopic (exact) mass is 215 g/mol. The molecule has 0 aromatic heterocycles. The van der Waals surface area contributed by atoms with Gasteiger partial charge in [-0.2, -0.15) is 0 Å². The average Bonchev–Trinajstić information content (AvgIpc) is 2.95. The molecule has 1 heteroatoms. The van der Waals surface area contributed by atoms with Gasteiger partial charge in [-0.25, -0.2) is 0 Å². The summed E-state index contributed by atoms with van der Waals surface area (Å²) in [6.45, 7) is 9.34. The summed E-state index contributed by atoms with van der Waals surface area (Å²) in [6.07, 6.45) is 2.83. The van der Waals surface area contributed by atoms with Gasteiger partial charge in [0.2, 0.25) is 0 Å². The van der Waals surface area contributed by atoms with E-state index in [-0.39, 0.29) is 5.41 Å². The molecule has 1 nitrogen and oxygen atoms in total. The van der Waals surface area contributed by atoms with E-state index in [0.29, 0.717) is 0 Å². The smallest absolute Gasteiger partial charge is 0.0246 e. The number of rotatable bonds is 1. The maximum atomic E-state index is 2.65. The topological polar surface area (TPSA) is 3.24 Å². The summed E-state index contributed by atoms with van der Waals surface area (Å²) in [6, 6.07) is 7.75. The number of nitrogens with zero attached hydrogens (tertiary/aromatic N) is 1. The lowest BCUT2D eigenvalue weighted by molar-refractivity contribution is 0.272. The second-order valence-corrected chi connectivity index (χ2v) is 6.33. The van der Waals surface area contributed by atoms with Gasteiger partial charge in [-0.15, -0.1) is 0 Å². The molecule has 1 fully saturated rings. The van der Waals surface area contributed by atoms with Gasteiger partial charge >= 0.3 is 0 Å². The molecule has 0 amide bonds. The zero-order chi connectivity index (χ0) is 11.3. The number of benzene rings is 1. The third-order valence-electron chi connectivity index (χ3n) is 3.88. The molecule has 0 bridgehead atoms. The van der Waals surface area contributed by atoms with Crippen LogP contribution >= 0.6 is 0 Å². The van der Waals surface area contributed by atoms with Crippen LogP contribution in [0.2, 0.25) is 0 Å². The molecular formula is C15H21N. The minimum absolute atomic E-state index is 0.283. The second-order valence-electron chi connectivity index (χ2n) is 6.33. The van der Waals surface area contributed by atoms with Crippen LogP contribution in [0, 0.1) is 0 Å². The Bertz CT molecular complexity index is 410. The fourth-order valence-electron chi connectivity index (χ4n) is 2.85. The molecular weight excluding hydrogens is 194 g/mol. The highest BCUT2D eigenvalue weighted by molar-refractivity contribution is 5.41. The van der Waals surface area contributed by atoms with Crippen molar-refractivity contribution in [2.75, 3.05) is 0 Å². The SMILES string of the molecule is CC(C)(C)c1cccc2c1CN(C1CC1)C2. The largest absolute Gasteiger partial charge is 0.292 e. The maximum Gasteiger partial charge on any atom is 0.0246 e. The quantitative estimate of drug-likeness (QED) is 0.693. The zero-order valence-electron chi connectivity index (χ0n) is 10.6. The van der Waals surface area contributed by atoms with E-state index < -0.39 is 0 Å². The fourth-order valence-corrected chi connectivity index (χ4v) is 2.85. The summed E-state index contributed by atoms with van der Waals surface area (Å²) in [5.74, 6) is 0. The van der Waals surface area contributed by atoms with Crippen molar-refractivity contribution < 1.29 is 0 Å². The molecule has 2 aliphatic rings. The molecule has 1 aromatic rings. The molecule has 1 aliphatic carbocycles. The number of hydrogen-bond acceptors (Lipinski definition) is 1. The van der Waals surface area contributed by atoms with Crippen molar-refractivity contribution in [2.45, 2.75) is 58.2 Å². The highest BCUT2D eigenvalue weighted by atomic mass is 15.2. The van der Waals surface area contributed by atoms with E-state index in [1.165, 1.54) is 25.9 Å². The molecule has 0 N–H and O–H groups in total. The molecule has 3 rings (SSSR count). The van der Waals surface area contributed by atoms with Gasteiger partial charge in [0, 0.05) is 19.1 Å². The van der Waals surface area contributed by atoms with Crippen molar-refractivity contribution in [1.29, 1.82) is 0 Å². The van der Waals surface area contributed by atoms with Crippen LogP contribution in [0.3, 0.4) is 0 Å². The molecule has 0 atom stereocenters. The van der Waals surface area contributed by atoms with Gasteiger partial charge in [-0.05, 0) is 34.9 Å². The van der Waals surface area contributed by atoms with Crippen molar-refractivity contribution in [3.05, 3.63) is 34.9 Å². The molecule has 0 unspecified atom stereocenters. The predicted molar refractivity (Wildman–Crippen MR) is 67.4 cm³/mol. The molecule has 0 spiro atoms. The fraction of sp³-hybridized carbons (Fsp3) is 0.600. The van der Waals surface area contributed by atoms with Crippen molar-refractivity contribution in [3.8, 4) is 0 Å².